The summed E-state index contributed by atoms with van der Waals surface area (Å²) in [5.41, 5.74) is 3.18. The van der Waals surface area contributed by atoms with Gasteiger partial charge in [-0.15, -0.1) is 11.3 Å². The minimum absolute atomic E-state index is 0.0726. The number of hydrogen-bond donors (Lipinski definition) is 1. The van der Waals surface area contributed by atoms with E-state index in [0.717, 1.165) is 22.6 Å². The van der Waals surface area contributed by atoms with Crippen LogP contribution in [0.4, 0.5) is 5.69 Å². The number of benzene rings is 2. The number of aromatic nitrogens is 2. The van der Waals surface area contributed by atoms with E-state index in [1.165, 1.54) is 16.9 Å². The van der Waals surface area contributed by atoms with Gasteiger partial charge in [0.2, 0.25) is 10.0 Å². The molecular weight excluding hydrogens is 406 g/mol. The molecule has 2 aromatic carbocycles. The molecule has 0 radical (unpaired) electrons. The predicted octanol–water partition coefficient (Wildman–Crippen LogP) is 4.45. The lowest BCUT2D eigenvalue weighted by molar-refractivity contribution is 0.341. The number of fused-ring (bicyclic) bond motifs is 1. The SMILES string of the molecule is CCc1ccc(OCCS(=O)(=O)Nc2ccccc2-c2cn3ccsc3n2)cc1. The first-order valence-electron chi connectivity index (χ1n) is 9.28. The lowest BCUT2D eigenvalue weighted by Crippen LogP contribution is -2.21. The molecule has 0 saturated heterocycles. The molecule has 1 N–H and O–H groups in total. The molecule has 0 bridgehead atoms. The number of rotatable bonds is 8. The Morgan fingerprint density at radius 2 is 1.93 bits per heavy atom. The fraction of sp³-hybridized carbons (Fsp3) is 0.190. The van der Waals surface area contributed by atoms with E-state index >= 15 is 0 Å². The van der Waals surface area contributed by atoms with Crippen LogP contribution in [0.5, 0.6) is 5.75 Å². The van der Waals surface area contributed by atoms with Crippen molar-refractivity contribution in [1.29, 1.82) is 0 Å². The van der Waals surface area contributed by atoms with Gasteiger partial charge in [-0.2, -0.15) is 0 Å². The quantitative estimate of drug-likeness (QED) is 0.451. The normalized spacial score (nSPS) is 11.6. The van der Waals surface area contributed by atoms with Crippen molar-refractivity contribution in [3.63, 3.8) is 0 Å². The summed E-state index contributed by atoms with van der Waals surface area (Å²) in [4.78, 5) is 5.43. The molecule has 8 heteroatoms. The molecule has 4 aromatic rings. The molecule has 6 nitrogen and oxygen atoms in total. The van der Waals surface area contributed by atoms with E-state index in [2.05, 4.69) is 16.6 Å². The highest BCUT2D eigenvalue weighted by Crippen LogP contribution is 2.29. The van der Waals surface area contributed by atoms with Gasteiger partial charge in [0.25, 0.3) is 0 Å². The number of hydrogen-bond acceptors (Lipinski definition) is 5. The number of thiazole rings is 1. The van der Waals surface area contributed by atoms with Crippen LogP contribution in [0, 0.1) is 0 Å². The molecule has 0 aliphatic heterocycles. The number of anilines is 1. The molecule has 2 aromatic heterocycles. The fourth-order valence-corrected chi connectivity index (χ4v) is 4.58. The number of ether oxygens (including phenoxy) is 1. The highest BCUT2D eigenvalue weighted by molar-refractivity contribution is 7.92. The van der Waals surface area contributed by atoms with Gasteiger partial charge in [0.1, 0.15) is 18.1 Å². The van der Waals surface area contributed by atoms with Crippen molar-refractivity contribution in [3.05, 3.63) is 71.9 Å². The standard InChI is InChI=1S/C21H21N3O3S2/c1-2-16-7-9-17(10-8-16)27-12-14-29(25,26)23-19-6-4-3-5-18(19)20-15-24-11-13-28-21(24)22-20/h3-11,13,15,23H,2,12,14H2,1H3. The van der Waals surface area contributed by atoms with Crippen molar-refractivity contribution in [2.75, 3.05) is 17.1 Å². The minimum Gasteiger partial charge on any atom is -0.492 e. The molecule has 0 amide bonds. The van der Waals surface area contributed by atoms with Gasteiger partial charge in [0, 0.05) is 23.3 Å². The van der Waals surface area contributed by atoms with Crippen LogP contribution >= 0.6 is 11.3 Å². The van der Waals surface area contributed by atoms with Crippen LogP contribution in [-0.4, -0.2) is 30.2 Å². The van der Waals surface area contributed by atoms with E-state index in [-0.39, 0.29) is 12.4 Å². The summed E-state index contributed by atoms with van der Waals surface area (Å²) >= 11 is 1.53. The van der Waals surface area contributed by atoms with Crippen molar-refractivity contribution >= 4 is 32.0 Å². The highest BCUT2D eigenvalue weighted by atomic mass is 32.2. The van der Waals surface area contributed by atoms with Gasteiger partial charge in [-0.25, -0.2) is 13.4 Å². The molecule has 150 valence electrons. The first-order valence-corrected chi connectivity index (χ1v) is 11.8. The van der Waals surface area contributed by atoms with Gasteiger partial charge in [0.15, 0.2) is 4.96 Å². The predicted molar refractivity (Wildman–Crippen MR) is 117 cm³/mol. The van der Waals surface area contributed by atoms with Crippen LogP contribution in [0.2, 0.25) is 0 Å². The Labute approximate surface area is 173 Å². The molecule has 0 atom stereocenters. The summed E-state index contributed by atoms with van der Waals surface area (Å²) in [6.07, 6.45) is 4.77. The lowest BCUT2D eigenvalue weighted by atomic mass is 10.1. The van der Waals surface area contributed by atoms with E-state index in [1.54, 1.807) is 12.1 Å². The van der Waals surface area contributed by atoms with Gasteiger partial charge >= 0.3 is 0 Å². The van der Waals surface area contributed by atoms with Crippen molar-refractivity contribution in [2.45, 2.75) is 13.3 Å². The monoisotopic (exact) mass is 427 g/mol. The smallest absolute Gasteiger partial charge is 0.236 e. The zero-order chi connectivity index (χ0) is 20.3. The number of nitrogens with zero attached hydrogens (tertiary/aromatic N) is 2. The summed E-state index contributed by atoms with van der Waals surface area (Å²) in [5, 5.41) is 1.95. The molecule has 0 fully saturated rings. The highest BCUT2D eigenvalue weighted by Gasteiger charge is 2.16. The van der Waals surface area contributed by atoms with Gasteiger partial charge in [0.05, 0.1) is 11.4 Å². The third kappa shape index (κ3) is 4.60. The Hall–Kier alpha value is -2.84. The van der Waals surface area contributed by atoms with Crippen molar-refractivity contribution in [2.24, 2.45) is 0 Å². The lowest BCUT2D eigenvalue weighted by Gasteiger charge is -2.12. The van der Waals surface area contributed by atoms with Gasteiger partial charge < -0.3 is 4.74 Å². The average Bonchev–Trinajstić information content (AvgIpc) is 3.31. The largest absolute Gasteiger partial charge is 0.492 e. The van der Waals surface area contributed by atoms with Crippen LogP contribution in [0.25, 0.3) is 16.2 Å². The molecule has 29 heavy (non-hydrogen) atoms. The molecule has 2 heterocycles. The molecule has 0 aliphatic rings. The third-order valence-corrected chi connectivity index (χ3v) is 6.52. The topological polar surface area (TPSA) is 72.7 Å². The Kier molecular flexibility index (Phi) is 5.55. The van der Waals surface area contributed by atoms with Crippen molar-refractivity contribution in [1.82, 2.24) is 9.38 Å². The minimum atomic E-state index is -3.57. The number of imidazole rings is 1. The van der Waals surface area contributed by atoms with Crippen LogP contribution in [0.1, 0.15) is 12.5 Å². The maximum atomic E-state index is 12.6. The van der Waals surface area contributed by atoms with Crippen LogP contribution in [0.3, 0.4) is 0 Å². The van der Waals surface area contributed by atoms with Gasteiger partial charge in [-0.3, -0.25) is 9.12 Å². The summed E-state index contributed by atoms with van der Waals surface area (Å²) in [7, 11) is -3.57. The second kappa shape index (κ2) is 8.26. The van der Waals surface area contributed by atoms with Crippen LogP contribution in [-0.2, 0) is 16.4 Å². The molecular formula is C21H21N3O3S2. The molecule has 0 unspecified atom stereocenters. The van der Waals surface area contributed by atoms with Gasteiger partial charge in [-0.1, -0.05) is 37.3 Å². The second-order valence-corrected chi connectivity index (χ2v) is 9.25. The van der Waals surface area contributed by atoms with Crippen LogP contribution < -0.4 is 9.46 Å². The van der Waals surface area contributed by atoms with E-state index in [1.807, 2.05) is 58.6 Å². The number of aryl methyl sites for hydroxylation is 1. The first kappa shape index (κ1) is 19.5. The van der Waals surface area contributed by atoms with E-state index in [0.29, 0.717) is 11.4 Å². The maximum Gasteiger partial charge on any atom is 0.236 e. The Balaban J connectivity index is 1.44. The zero-order valence-corrected chi connectivity index (χ0v) is 17.5. The average molecular weight is 428 g/mol. The van der Waals surface area contributed by atoms with Gasteiger partial charge in [-0.05, 0) is 30.2 Å². The summed E-state index contributed by atoms with van der Waals surface area (Å²) in [6.45, 7) is 2.15. The van der Waals surface area contributed by atoms with Crippen molar-refractivity contribution in [3.8, 4) is 17.0 Å². The fourth-order valence-electron chi connectivity index (χ4n) is 2.96. The maximum absolute atomic E-state index is 12.6. The first-order chi connectivity index (χ1) is 14.0. The molecule has 4 rings (SSSR count). The Bertz CT molecular complexity index is 1180. The summed E-state index contributed by atoms with van der Waals surface area (Å²) in [5.74, 6) is 0.519. The summed E-state index contributed by atoms with van der Waals surface area (Å²) < 4.78 is 35.3. The zero-order valence-electron chi connectivity index (χ0n) is 15.9. The molecule has 0 saturated carbocycles. The second-order valence-electron chi connectivity index (χ2n) is 6.53. The van der Waals surface area contributed by atoms with Crippen molar-refractivity contribution < 1.29 is 13.2 Å². The van der Waals surface area contributed by atoms with E-state index in [4.69, 9.17) is 4.74 Å². The number of sulfonamides is 1. The molecule has 0 spiro atoms. The molecule has 0 aliphatic carbocycles. The number of para-hydroxylation sites is 1. The Morgan fingerprint density at radius 1 is 1.14 bits per heavy atom. The summed E-state index contributed by atoms with van der Waals surface area (Å²) in [6, 6.07) is 14.9. The van der Waals surface area contributed by atoms with E-state index in [9.17, 15) is 8.42 Å². The number of nitrogens with one attached hydrogen (secondary N) is 1. The third-order valence-electron chi connectivity index (χ3n) is 4.51. The van der Waals surface area contributed by atoms with E-state index < -0.39 is 10.0 Å². The Morgan fingerprint density at radius 3 is 2.69 bits per heavy atom. The van der Waals surface area contributed by atoms with Crippen LogP contribution in [0.15, 0.2) is 66.3 Å².